The molecule has 18 heavy (non-hydrogen) atoms. The van der Waals surface area contributed by atoms with Gasteiger partial charge in [-0.2, -0.15) is 0 Å². The van der Waals surface area contributed by atoms with Gasteiger partial charge in [-0.25, -0.2) is 0 Å². The summed E-state index contributed by atoms with van der Waals surface area (Å²) in [7, 11) is 0. The van der Waals surface area contributed by atoms with Crippen LogP contribution >= 0.6 is 0 Å². The molecule has 0 aliphatic rings. The van der Waals surface area contributed by atoms with E-state index < -0.39 is 0 Å². The minimum absolute atomic E-state index is 0.155. The Morgan fingerprint density at radius 1 is 0.389 bits per heavy atom. The van der Waals surface area contributed by atoms with Crippen molar-refractivity contribution in [3.63, 3.8) is 0 Å². The Labute approximate surface area is 116 Å². The summed E-state index contributed by atoms with van der Waals surface area (Å²) in [6, 6.07) is 0. The van der Waals surface area contributed by atoms with E-state index >= 15 is 0 Å². The molecule has 0 radical (unpaired) electrons. The van der Waals surface area contributed by atoms with E-state index in [0.29, 0.717) is 0 Å². The predicted molar refractivity (Wildman–Crippen MR) is 84.8 cm³/mol. The molecule has 0 amide bonds. The molecule has 0 nitrogen and oxygen atoms in total. The maximum Gasteiger partial charge on any atom is -0.00890 e. The molecule has 0 aromatic heterocycles. The van der Waals surface area contributed by atoms with E-state index in [-0.39, 0.29) is 21.7 Å². The SMILES string of the molecule is CC(C)(C)C=CC(C)(C)C(C)(C)C=CC(C)(C)C. The molecular weight excluding hydrogens is 216 g/mol. The molecule has 0 N–H and O–H groups in total. The molecule has 0 bridgehead atoms. The zero-order valence-electron chi connectivity index (χ0n) is 14.3. The summed E-state index contributed by atoms with van der Waals surface area (Å²) >= 11 is 0. The first kappa shape index (κ1) is 17.5. The van der Waals surface area contributed by atoms with Crippen LogP contribution in [0.4, 0.5) is 0 Å². The highest BCUT2D eigenvalue weighted by atomic mass is 14.4. The van der Waals surface area contributed by atoms with Crippen LogP contribution < -0.4 is 0 Å². The molecule has 0 atom stereocenters. The van der Waals surface area contributed by atoms with E-state index in [0.717, 1.165) is 0 Å². The van der Waals surface area contributed by atoms with E-state index in [2.05, 4.69) is 93.5 Å². The normalized spacial score (nSPS) is 15.9. The Morgan fingerprint density at radius 2 is 0.611 bits per heavy atom. The van der Waals surface area contributed by atoms with Gasteiger partial charge in [0, 0.05) is 0 Å². The highest BCUT2D eigenvalue weighted by molar-refractivity contribution is 5.13. The van der Waals surface area contributed by atoms with Gasteiger partial charge in [-0.15, -0.1) is 0 Å². The Morgan fingerprint density at radius 3 is 0.778 bits per heavy atom. The molecule has 0 aliphatic carbocycles. The van der Waals surface area contributed by atoms with Crippen molar-refractivity contribution in [3.05, 3.63) is 24.3 Å². The van der Waals surface area contributed by atoms with Crippen molar-refractivity contribution in [1.29, 1.82) is 0 Å². The largest absolute Gasteiger partial charge is 0.0826 e. The Balaban J connectivity index is 5.09. The standard InChI is InChI=1S/C18H34/c1-15(2,3)11-13-17(7,8)18(9,10)14-12-16(4,5)6/h11-14H,1-10H3. The van der Waals surface area contributed by atoms with Gasteiger partial charge in [0.1, 0.15) is 0 Å². The zero-order chi connectivity index (χ0) is 14.8. The average molecular weight is 250 g/mol. The molecule has 0 aliphatic heterocycles. The summed E-state index contributed by atoms with van der Waals surface area (Å²) in [6.45, 7) is 22.8. The van der Waals surface area contributed by atoms with Gasteiger partial charge in [-0.3, -0.25) is 0 Å². The fraction of sp³-hybridized carbons (Fsp3) is 0.778. The number of hydrogen-bond acceptors (Lipinski definition) is 0. The first-order valence-corrected chi connectivity index (χ1v) is 7.07. The minimum atomic E-state index is 0.155. The van der Waals surface area contributed by atoms with Gasteiger partial charge in [0.15, 0.2) is 0 Å². The summed E-state index contributed by atoms with van der Waals surface area (Å²) in [5.74, 6) is 0. The average Bonchev–Trinajstić information content (AvgIpc) is 2.10. The third-order valence-corrected chi connectivity index (χ3v) is 3.66. The van der Waals surface area contributed by atoms with Crippen molar-refractivity contribution >= 4 is 0 Å². The molecule has 0 aromatic rings. The van der Waals surface area contributed by atoms with E-state index in [1.807, 2.05) is 0 Å². The molecule has 0 heteroatoms. The van der Waals surface area contributed by atoms with Gasteiger partial charge in [-0.1, -0.05) is 93.5 Å². The quantitative estimate of drug-likeness (QED) is 0.520. The smallest absolute Gasteiger partial charge is 0.00890 e. The molecule has 0 spiro atoms. The Hall–Kier alpha value is -0.520. The maximum atomic E-state index is 2.38. The molecule has 0 fully saturated rings. The lowest BCUT2D eigenvalue weighted by Crippen LogP contribution is -2.29. The predicted octanol–water partition coefficient (Wildman–Crippen LogP) is 6.24. The lowest BCUT2D eigenvalue weighted by Gasteiger charge is -2.38. The number of rotatable bonds is 3. The minimum Gasteiger partial charge on any atom is -0.0826 e. The van der Waals surface area contributed by atoms with E-state index in [4.69, 9.17) is 0 Å². The first-order valence-electron chi connectivity index (χ1n) is 7.07. The number of hydrogen-bond donors (Lipinski definition) is 0. The van der Waals surface area contributed by atoms with Crippen LogP contribution in [-0.2, 0) is 0 Å². The maximum absolute atomic E-state index is 2.38. The van der Waals surface area contributed by atoms with Crippen LogP contribution in [0.5, 0.6) is 0 Å². The summed E-state index contributed by atoms with van der Waals surface area (Å²) < 4.78 is 0. The van der Waals surface area contributed by atoms with Crippen molar-refractivity contribution in [3.8, 4) is 0 Å². The van der Waals surface area contributed by atoms with Gasteiger partial charge in [0.25, 0.3) is 0 Å². The second kappa shape index (κ2) is 5.23. The molecule has 0 rings (SSSR count). The third-order valence-electron chi connectivity index (χ3n) is 3.66. The molecule has 0 aromatic carbocycles. The van der Waals surface area contributed by atoms with Crippen LogP contribution in [0, 0.1) is 21.7 Å². The first-order chi connectivity index (χ1) is 7.66. The van der Waals surface area contributed by atoms with Crippen LogP contribution in [0.15, 0.2) is 24.3 Å². The van der Waals surface area contributed by atoms with Crippen LogP contribution in [-0.4, -0.2) is 0 Å². The van der Waals surface area contributed by atoms with Gasteiger partial charge in [-0.05, 0) is 21.7 Å². The Bertz CT molecular complexity index is 277. The highest BCUT2D eigenvalue weighted by Gasteiger charge is 2.33. The molecular formula is C18H34. The molecule has 0 saturated heterocycles. The van der Waals surface area contributed by atoms with Crippen LogP contribution in [0.3, 0.4) is 0 Å². The van der Waals surface area contributed by atoms with E-state index in [1.165, 1.54) is 0 Å². The summed E-state index contributed by atoms with van der Waals surface area (Å²) in [4.78, 5) is 0. The number of allylic oxidation sites excluding steroid dienone is 4. The third kappa shape index (κ3) is 6.42. The molecule has 0 unspecified atom stereocenters. The zero-order valence-corrected chi connectivity index (χ0v) is 14.3. The van der Waals surface area contributed by atoms with E-state index in [1.54, 1.807) is 0 Å². The van der Waals surface area contributed by atoms with Crippen molar-refractivity contribution in [2.45, 2.75) is 69.2 Å². The second-order valence-corrected chi connectivity index (χ2v) is 8.84. The summed E-state index contributed by atoms with van der Waals surface area (Å²) in [5, 5.41) is 0. The van der Waals surface area contributed by atoms with Crippen LogP contribution in [0.2, 0.25) is 0 Å². The van der Waals surface area contributed by atoms with Crippen LogP contribution in [0.1, 0.15) is 69.2 Å². The summed E-state index contributed by atoms with van der Waals surface area (Å²) in [5.41, 5.74) is 0.812. The van der Waals surface area contributed by atoms with E-state index in [9.17, 15) is 0 Å². The lowest BCUT2D eigenvalue weighted by atomic mass is 9.66. The fourth-order valence-corrected chi connectivity index (χ4v) is 1.35. The van der Waals surface area contributed by atoms with Gasteiger partial charge >= 0.3 is 0 Å². The van der Waals surface area contributed by atoms with Crippen molar-refractivity contribution < 1.29 is 0 Å². The monoisotopic (exact) mass is 250 g/mol. The molecule has 0 heterocycles. The fourth-order valence-electron chi connectivity index (χ4n) is 1.35. The van der Waals surface area contributed by atoms with Crippen molar-refractivity contribution in [2.24, 2.45) is 21.7 Å². The lowest BCUT2D eigenvalue weighted by molar-refractivity contribution is 0.228. The molecule has 0 saturated carbocycles. The van der Waals surface area contributed by atoms with Gasteiger partial charge in [0.2, 0.25) is 0 Å². The van der Waals surface area contributed by atoms with Gasteiger partial charge in [0.05, 0.1) is 0 Å². The van der Waals surface area contributed by atoms with Crippen molar-refractivity contribution in [1.82, 2.24) is 0 Å². The topological polar surface area (TPSA) is 0 Å². The van der Waals surface area contributed by atoms with Gasteiger partial charge < -0.3 is 0 Å². The van der Waals surface area contributed by atoms with Crippen LogP contribution in [0.25, 0.3) is 0 Å². The Kier molecular flexibility index (Phi) is 5.08. The van der Waals surface area contributed by atoms with Crippen molar-refractivity contribution in [2.75, 3.05) is 0 Å². The molecule has 106 valence electrons. The highest BCUT2D eigenvalue weighted by Crippen LogP contribution is 2.42. The second-order valence-electron chi connectivity index (χ2n) is 8.84. The summed E-state index contributed by atoms with van der Waals surface area (Å²) in [6.07, 6.45) is 9.42.